The van der Waals surface area contributed by atoms with Gasteiger partial charge in [-0.3, -0.25) is 9.89 Å². The Hall–Kier alpha value is -1.40. The predicted octanol–water partition coefficient (Wildman–Crippen LogP) is 1.08. The summed E-state index contributed by atoms with van der Waals surface area (Å²) in [6.07, 6.45) is 4.87. The molecular formula is C16H26N4O2. The van der Waals surface area contributed by atoms with Crippen molar-refractivity contribution in [2.24, 2.45) is 5.92 Å². The van der Waals surface area contributed by atoms with E-state index in [1.807, 2.05) is 6.07 Å². The Morgan fingerprint density at radius 1 is 1.36 bits per heavy atom. The van der Waals surface area contributed by atoms with Crippen molar-refractivity contribution in [3.8, 4) is 0 Å². The van der Waals surface area contributed by atoms with E-state index in [0.717, 1.165) is 58.6 Å². The zero-order chi connectivity index (χ0) is 15.4. The first-order chi connectivity index (χ1) is 10.8. The second-order valence-electron chi connectivity index (χ2n) is 6.39. The second kappa shape index (κ2) is 7.24. The van der Waals surface area contributed by atoms with Crippen molar-refractivity contribution in [1.82, 2.24) is 20.0 Å². The molecule has 0 spiro atoms. The van der Waals surface area contributed by atoms with Gasteiger partial charge in [0.2, 0.25) is 5.91 Å². The number of hydrogen-bond acceptors (Lipinski definition) is 4. The van der Waals surface area contributed by atoms with Gasteiger partial charge in [-0.25, -0.2) is 0 Å². The molecule has 0 bridgehead atoms. The largest absolute Gasteiger partial charge is 0.383 e. The molecule has 0 aliphatic carbocycles. The highest BCUT2D eigenvalue weighted by molar-refractivity contribution is 5.79. The van der Waals surface area contributed by atoms with Gasteiger partial charge in [0.05, 0.1) is 12.5 Å². The summed E-state index contributed by atoms with van der Waals surface area (Å²) in [6.45, 7) is 5.33. The van der Waals surface area contributed by atoms with Gasteiger partial charge in [-0.05, 0) is 31.9 Å². The minimum absolute atomic E-state index is 0.181. The standard InChI is InChI=1S/C16H26N4O2/c1-22-11-10-19-7-3-14(12-19)16(21)20-8-4-13(5-9-20)15-2-6-17-18-15/h2,6,13-14H,3-5,7-12H2,1H3,(H,17,18)/t14-/m0/s1. The molecule has 3 heterocycles. The molecule has 22 heavy (non-hydrogen) atoms. The van der Waals surface area contributed by atoms with Gasteiger partial charge in [0.1, 0.15) is 0 Å². The van der Waals surface area contributed by atoms with Gasteiger partial charge in [0.15, 0.2) is 0 Å². The van der Waals surface area contributed by atoms with Crippen LogP contribution in [0.5, 0.6) is 0 Å². The Kier molecular flexibility index (Phi) is 5.10. The van der Waals surface area contributed by atoms with E-state index in [9.17, 15) is 4.79 Å². The van der Waals surface area contributed by atoms with Crippen molar-refractivity contribution < 1.29 is 9.53 Å². The minimum atomic E-state index is 0.181. The van der Waals surface area contributed by atoms with Crippen LogP contribution in [-0.4, -0.2) is 72.3 Å². The first-order valence-corrected chi connectivity index (χ1v) is 8.27. The number of nitrogens with one attached hydrogen (secondary N) is 1. The van der Waals surface area contributed by atoms with Crippen molar-refractivity contribution in [2.75, 3.05) is 46.4 Å². The number of rotatable bonds is 5. The lowest BCUT2D eigenvalue weighted by Gasteiger charge is -2.33. The number of ether oxygens (including phenoxy) is 1. The van der Waals surface area contributed by atoms with Crippen LogP contribution < -0.4 is 0 Å². The van der Waals surface area contributed by atoms with Crippen LogP contribution in [-0.2, 0) is 9.53 Å². The quantitative estimate of drug-likeness (QED) is 0.884. The summed E-state index contributed by atoms with van der Waals surface area (Å²) < 4.78 is 5.12. The molecule has 0 unspecified atom stereocenters. The van der Waals surface area contributed by atoms with E-state index in [4.69, 9.17) is 4.74 Å². The Labute approximate surface area is 131 Å². The zero-order valence-corrected chi connectivity index (χ0v) is 13.3. The Bertz CT molecular complexity index is 469. The molecule has 3 rings (SSSR count). The third-order valence-corrected chi connectivity index (χ3v) is 5.00. The molecular weight excluding hydrogens is 280 g/mol. The van der Waals surface area contributed by atoms with Crippen molar-refractivity contribution in [1.29, 1.82) is 0 Å². The number of aromatic nitrogens is 2. The summed E-state index contributed by atoms with van der Waals surface area (Å²) in [7, 11) is 1.72. The minimum Gasteiger partial charge on any atom is -0.383 e. The average molecular weight is 306 g/mol. The van der Waals surface area contributed by atoms with Gasteiger partial charge < -0.3 is 14.5 Å². The van der Waals surface area contributed by atoms with Gasteiger partial charge in [0, 0.05) is 51.1 Å². The molecule has 1 amide bonds. The number of aromatic amines is 1. The number of likely N-dealkylation sites (tertiary alicyclic amines) is 2. The van der Waals surface area contributed by atoms with Crippen molar-refractivity contribution in [2.45, 2.75) is 25.2 Å². The van der Waals surface area contributed by atoms with Gasteiger partial charge in [-0.15, -0.1) is 0 Å². The summed E-state index contributed by atoms with van der Waals surface area (Å²) >= 11 is 0. The van der Waals surface area contributed by atoms with Crippen LogP contribution in [0.1, 0.15) is 30.9 Å². The lowest BCUT2D eigenvalue weighted by molar-refractivity contribution is -0.136. The molecule has 122 valence electrons. The monoisotopic (exact) mass is 306 g/mol. The normalized spacial score (nSPS) is 24.0. The zero-order valence-electron chi connectivity index (χ0n) is 13.3. The summed E-state index contributed by atoms with van der Waals surface area (Å²) in [5.41, 5.74) is 1.21. The number of piperidine rings is 1. The molecule has 6 nitrogen and oxygen atoms in total. The Morgan fingerprint density at radius 3 is 2.86 bits per heavy atom. The average Bonchev–Trinajstić information content (AvgIpc) is 3.24. The highest BCUT2D eigenvalue weighted by Crippen LogP contribution is 2.28. The van der Waals surface area contributed by atoms with E-state index >= 15 is 0 Å². The third-order valence-electron chi connectivity index (χ3n) is 5.00. The van der Waals surface area contributed by atoms with Crippen LogP contribution >= 0.6 is 0 Å². The molecule has 0 radical (unpaired) electrons. The van der Waals surface area contributed by atoms with Crippen LogP contribution in [0.3, 0.4) is 0 Å². The summed E-state index contributed by atoms with van der Waals surface area (Å²) in [4.78, 5) is 17.1. The molecule has 2 aliphatic heterocycles. The highest BCUT2D eigenvalue weighted by atomic mass is 16.5. The van der Waals surface area contributed by atoms with Crippen LogP contribution in [0.4, 0.5) is 0 Å². The Balaban J connectivity index is 1.46. The smallest absolute Gasteiger partial charge is 0.227 e. The number of nitrogens with zero attached hydrogens (tertiary/aromatic N) is 3. The summed E-state index contributed by atoms with van der Waals surface area (Å²) in [5, 5.41) is 7.09. The van der Waals surface area contributed by atoms with Crippen LogP contribution in [0.25, 0.3) is 0 Å². The molecule has 1 aromatic heterocycles. The van der Waals surface area contributed by atoms with Gasteiger partial charge in [-0.2, -0.15) is 5.10 Å². The van der Waals surface area contributed by atoms with Gasteiger partial charge >= 0.3 is 0 Å². The topological polar surface area (TPSA) is 61.5 Å². The number of carbonyl (C=O) groups is 1. The maximum absolute atomic E-state index is 12.7. The molecule has 1 atom stereocenters. The fourth-order valence-corrected chi connectivity index (χ4v) is 3.62. The predicted molar refractivity (Wildman–Crippen MR) is 83.6 cm³/mol. The first kappa shape index (κ1) is 15.5. The number of carbonyl (C=O) groups excluding carboxylic acids is 1. The molecule has 1 N–H and O–H groups in total. The molecule has 2 fully saturated rings. The van der Waals surface area contributed by atoms with E-state index in [0.29, 0.717) is 11.8 Å². The van der Waals surface area contributed by atoms with E-state index in [2.05, 4.69) is 20.0 Å². The number of methoxy groups -OCH3 is 1. The Morgan fingerprint density at radius 2 is 2.18 bits per heavy atom. The molecule has 1 aromatic rings. The van der Waals surface area contributed by atoms with Crippen molar-refractivity contribution >= 4 is 5.91 Å². The van der Waals surface area contributed by atoms with E-state index in [1.54, 1.807) is 13.3 Å². The van der Waals surface area contributed by atoms with Gasteiger partial charge in [-0.1, -0.05) is 0 Å². The lowest BCUT2D eigenvalue weighted by atomic mass is 9.93. The summed E-state index contributed by atoms with van der Waals surface area (Å²) in [6, 6.07) is 2.05. The van der Waals surface area contributed by atoms with E-state index in [1.165, 1.54) is 5.69 Å². The molecule has 0 saturated carbocycles. The maximum atomic E-state index is 12.7. The van der Waals surface area contributed by atoms with Crippen LogP contribution in [0.15, 0.2) is 12.3 Å². The fraction of sp³-hybridized carbons (Fsp3) is 0.750. The fourth-order valence-electron chi connectivity index (χ4n) is 3.62. The molecule has 6 heteroatoms. The molecule has 0 aromatic carbocycles. The molecule has 2 saturated heterocycles. The summed E-state index contributed by atoms with van der Waals surface area (Å²) in [5.74, 6) is 1.05. The van der Waals surface area contributed by atoms with E-state index in [-0.39, 0.29) is 5.92 Å². The lowest BCUT2D eigenvalue weighted by Crippen LogP contribution is -2.42. The SMILES string of the molecule is COCCN1CC[C@H](C(=O)N2CCC(c3ccn[nH]3)CC2)C1. The number of H-pyrrole nitrogens is 1. The molecule has 2 aliphatic rings. The maximum Gasteiger partial charge on any atom is 0.227 e. The van der Waals surface area contributed by atoms with E-state index < -0.39 is 0 Å². The third kappa shape index (κ3) is 3.50. The first-order valence-electron chi connectivity index (χ1n) is 8.27. The van der Waals surface area contributed by atoms with Crippen LogP contribution in [0, 0.1) is 5.92 Å². The highest BCUT2D eigenvalue weighted by Gasteiger charge is 2.33. The van der Waals surface area contributed by atoms with Crippen molar-refractivity contribution in [3.63, 3.8) is 0 Å². The second-order valence-corrected chi connectivity index (χ2v) is 6.39. The van der Waals surface area contributed by atoms with Crippen molar-refractivity contribution in [3.05, 3.63) is 18.0 Å². The number of hydrogen-bond donors (Lipinski definition) is 1. The van der Waals surface area contributed by atoms with Gasteiger partial charge in [0.25, 0.3) is 0 Å². The number of amides is 1. The van der Waals surface area contributed by atoms with Crippen LogP contribution in [0.2, 0.25) is 0 Å².